The maximum absolute atomic E-state index is 12.7. The van der Waals surface area contributed by atoms with E-state index in [2.05, 4.69) is 20.2 Å². The van der Waals surface area contributed by atoms with E-state index in [1.165, 1.54) is 6.33 Å². The number of nitrogens with two attached hydrogens (primary N) is 1. The Kier molecular flexibility index (Phi) is 5.67. The van der Waals surface area contributed by atoms with Crippen LogP contribution in [-0.2, 0) is 6.18 Å². The zero-order valence-electron chi connectivity index (χ0n) is 12.5. The van der Waals surface area contributed by atoms with Crippen molar-refractivity contribution >= 4 is 41.7 Å². The Labute approximate surface area is 146 Å². The van der Waals surface area contributed by atoms with Crippen molar-refractivity contribution in [1.82, 2.24) is 29.9 Å². The highest BCUT2D eigenvalue weighted by molar-refractivity contribution is 5.97. The number of hydrogen-bond acceptors (Lipinski definition) is 5. The number of nitrogens with one attached hydrogen (secondary N) is 1. The van der Waals surface area contributed by atoms with Crippen molar-refractivity contribution in [2.45, 2.75) is 26.1 Å². The van der Waals surface area contributed by atoms with E-state index in [0.29, 0.717) is 11.0 Å². The minimum absolute atomic E-state index is 0. The molecule has 3 N–H and O–H groups in total. The van der Waals surface area contributed by atoms with Gasteiger partial charge in [0.25, 0.3) is 0 Å². The fourth-order valence-electron chi connectivity index (χ4n) is 2.12. The molecule has 0 aliphatic carbocycles. The number of nitrogen functional groups attached to an aromatic ring is 1. The van der Waals surface area contributed by atoms with Gasteiger partial charge < -0.3 is 5.73 Å². The number of aromatic nitrogens is 6. The summed E-state index contributed by atoms with van der Waals surface area (Å²) in [6, 6.07) is 0.838. The quantitative estimate of drug-likeness (QED) is 0.707. The fourth-order valence-corrected chi connectivity index (χ4v) is 2.12. The number of aromatic amines is 1. The normalized spacial score (nSPS) is 11.4. The number of fused-ring (bicyclic) bond motifs is 1. The zero-order valence-corrected chi connectivity index (χ0v) is 14.1. The lowest BCUT2D eigenvalue weighted by molar-refractivity contribution is -0.141. The van der Waals surface area contributed by atoms with Gasteiger partial charge in [-0.15, -0.1) is 24.8 Å². The summed E-state index contributed by atoms with van der Waals surface area (Å²) >= 11 is 0. The summed E-state index contributed by atoms with van der Waals surface area (Å²) < 4.78 is 39.7. The van der Waals surface area contributed by atoms with Gasteiger partial charge in [-0.05, 0) is 19.9 Å². The number of halogens is 5. The van der Waals surface area contributed by atoms with Crippen LogP contribution in [-0.4, -0.2) is 29.9 Å². The van der Waals surface area contributed by atoms with E-state index in [4.69, 9.17) is 5.73 Å². The van der Waals surface area contributed by atoms with E-state index in [9.17, 15) is 13.2 Å². The summed E-state index contributed by atoms with van der Waals surface area (Å²) in [5, 5.41) is 10.3. The van der Waals surface area contributed by atoms with Gasteiger partial charge in [0.2, 0.25) is 0 Å². The van der Waals surface area contributed by atoms with Crippen molar-refractivity contribution in [1.29, 1.82) is 0 Å². The summed E-state index contributed by atoms with van der Waals surface area (Å²) in [6.07, 6.45) is -3.22. The summed E-state index contributed by atoms with van der Waals surface area (Å²) in [5.74, 6) is 0.142. The summed E-state index contributed by atoms with van der Waals surface area (Å²) in [5.41, 5.74) is 5.59. The van der Waals surface area contributed by atoms with Crippen molar-refractivity contribution in [2.75, 3.05) is 5.73 Å². The van der Waals surface area contributed by atoms with Gasteiger partial charge in [0, 0.05) is 6.04 Å². The van der Waals surface area contributed by atoms with Crippen LogP contribution in [0.1, 0.15) is 25.6 Å². The third-order valence-corrected chi connectivity index (χ3v) is 3.13. The van der Waals surface area contributed by atoms with Crippen LogP contribution in [0.3, 0.4) is 0 Å². The summed E-state index contributed by atoms with van der Waals surface area (Å²) in [4.78, 5) is 7.99. The van der Waals surface area contributed by atoms with Crippen LogP contribution >= 0.6 is 24.8 Å². The second-order valence-electron chi connectivity index (χ2n) is 5.01. The summed E-state index contributed by atoms with van der Waals surface area (Å²) in [6.45, 7) is 3.75. The van der Waals surface area contributed by atoms with Gasteiger partial charge in [-0.2, -0.15) is 23.4 Å². The second-order valence-corrected chi connectivity index (χ2v) is 5.01. The summed E-state index contributed by atoms with van der Waals surface area (Å²) in [7, 11) is 0. The maximum Gasteiger partial charge on any atom is 0.432 e. The molecule has 3 heterocycles. The van der Waals surface area contributed by atoms with Crippen LogP contribution in [0.5, 0.6) is 0 Å². The molecule has 0 spiro atoms. The van der Waals surface area contributed by atoms with Gasteiger partial charge >= 0.3 is 6.18 Å². The molecule has 0 aromatic carbocycles. The first-order chi connectivity index (χ1) is 10.3. The molecule has 0 aliphatic rings. The smallest absolute Gasteiger partial charge is 0.383 e. The Bertz CT molecular complexity index is 841. The topological polar surface area (TPSA) is 98.3 Å². The Hall–Kier alpha value is -2.07. The number of alkyl halides is 3. The molecule has 0 fully saturated rings. The molecule has 0 aliphatic heterocycles. The molecule has 0 atom stereocenters. The molecule has 132 valence electrons. The largest absolute Gasteiger partial charge is 0.432 e. The van der Waals surface area contributed by atoms with Crippen molar-refractivity contribution in [3.05, 3.63) is 18.1 Å². The average molecular weight is 384 g/mol. The number of nitrogens with zero attached hydrogens (tertiary/aromatic N) is 5. The molecule has 24 heavy (non-hydrogen) atoms. The minimum Gasteiger partial charge on any atom is -0.383 e. The molecule has 0 amide bonds. The van der Waals surface area contributed by atoms with Crippen LogP contribution in [0.25, 0.3) is 22.4 Å². The van der Waals surface area contributed by atoms with E-state index in [-0.39, 0.29) is 48.1 Å². The van der Waals surface area contributed by atoms with E-state index in [1.807, 2.05) is 18.9 Å². The number of H-pyrrole nitrogens is 1. The highest BCUT2D eigenvalue weighted by Gasteiger charge is 2.34. The Morgan fingerprint density at radius 1 is 1.21 bits per heavy atom. The standard InChI is InChI=1S/C12H12F3N7.2ClH/c1-5(2)22-11-8(10(16)17-4-18-11)9(21-22)6-3-7(20-19-6)12(13,14)15;;/h3-5H,1-2H3,(H,19,20)(H2,16,17,18);2*1H. The van der Waals surface area contributed by atoms with Crippen molar-refractivity contribution < 1.29 is 13.2 Å². The molecule has 3 aromatic rings. The third-order valence-electron chi connectivity index (χ3n) is 3.13. The molecule has 7 nitrogen and oxygen atoms in total. The molecule has 12 heteroatoms. The highest BCUT2D eigenvalue weighted by Crippen LogP contribution is 2.34. The molecule has 0 radical (unpaired) electrons. The predicted octanol–water partition coefficient (Wildman–Crippen LogP) is 3.24. The van der Waals surface area contributed by atoms with Crippen LogP contribution < -0.4 is 5.73 Å². The molecular weight excluding hydrogens is 370 g/mol. The molecule has 0 saturated heterocycles. The van der Waals surface area contributed by atoms with Gasteiger partial charge in [0.05, 0.1) is 5.39 Å². The Balaban J connectivity index is 0.00000144. The van der Waals surface area contributed by atoms with E-state index in [0.717, 1.165) is 6.07 Å². The first-order valence-electron chi connectivity index (χ1n) is 6.40. The van der Waals surface area contributed by atoms with E-state index >= 15 is 0 Å². The minimum atomic E-state index is -4.51. The second kappa shape index (κ2) is 6.81. The lowest BCUT2D eigenvalue weighted by Crippen LogP contribution is -2.04. The number of anilines is 1. The molecule has 3 rings (SSSR count). The van der Waals surface area contributed by atoms with Crippen LogP contribution in [0.15, 0.2) is 12.4 Å². The van der Waals surface area contributed by atoms with Gasteiger partial charge in [-0.25, -0.2) is 14.6 Å². The van der Waals surface area contributed by atoms with E-state index < -0.39 is 11.9 Å². The first kappa shape index (κ1) is 20.0. The lowest BCUT2D eigenvalue weighted by atomic mass is 10.2. The lowest BCUT2D eigenvalue weighted by Gasteiger charge is -2.05. The highest BCUT2D eigenvalue weighted by atomic mass is 35.5. The Morgan fingerprint density at radius 3 is 2.42 bits per heavy atom. The van der Waals surface area contributed by atoms with Crippen LogP contribution in [0.4, 0.5) is 19.0 Å². The van der Waals surface area contributed by atoms with Crippen molar-refractivity contribution in [2.24, 2.45) is 0 Å². The molecular formula is C12H14Cl2F3N7. The SMILES string of the molecule is CC(C)n1nc(-c2cc(C(F)(F)F)[nH]n2)c2c(N)ncnc21.Cl.Cl. The van der Waals surface area contributed by atoms with Crippen LogP contribution in [0, 0.1) is 0 Å². The van der Waals surface area contributed by atoms with Gasteiger partial charge in [0.15, 0.2) is 5.65 Å². The molecule has 0 saturated carbocycles. The van der Waals surface area contributed by atoms with Gasteiger partial charge in [-0.1, -0.05) is 0 Å². The monoisotopic (exact) mass is 383 g/mol. The zero-order chi connectivity index (χ0) is 16.1. The first-order valence-corrected chi connectivity index (χ1v) is 6.40. The Morgan fingerprint density at radius 2 is 1.88 bits per heavy atom. The van der Waals surface area contributed by atoms with Gasteiger partial charge in [-0.3, -0.25) is 5.10 Å². The molecule has 3 aromatic heterocycles. The predicted molar refractivity (Wildman–Crippen MR) is 87.2 cm³/mol. The third kappa shape index (κ3) is 3.24. The molecule has 0 unspecified atom stereocenters. The maximum atomic E-state index is 12.7. The molecule has 0 bridgehead atoms. The van der Waals surface area contributed by atoms with Crippen molar-refractivity contribution in [3.63, 3.8) is 0 Å². The van der Waals surface area contributed by atoms with Crippen molar-refractivity contribution in [3.8, 4) is 11.4 Å². The number of hydrogen-bond donors (Lipinski definition) is 2. The van der Waals surface area contributed by atoms with Crippen LogP contribution in [0.2, 0.25) is 0 Å². The van der Waals surface area contributed by atoms with E-state index in [1.54, 1.807) is 4.68 Å². The van der Waals surface area contributed by atoms with Gasteiger partial charge in [0.1, 0.15) is 29.2 Å². The fraction of sp³-hybridized carbons (Fsp3) is 0.333. The average Bonchev–Trinajstić information content (AvgIpc) is 3.02. The number of rotatable bonds is 2.